The fourth-order valence-electron chi connectivity index (χ4n) is 9.08. The summed E-state index contributed by atoms with van der Waals surface area (Å²) in [6.07, 6.45) is 3.69. The number of imidazole rings is 2. The van der Waals surface area contributed by atoms with E-state index in [-0.39, 0.29) is 42.9 Å². The fraction of sp³-hybridized carbons (Fsp3) is 0.372. The van der Waals surface area contributed by atoms with E-state index in [0.29, 0.717) is 60.1 Å². The highest BCUT2D eigenvalue weighted by molar-refractivity contribution is 6.00. The number of hydrogen-bond donors (Lipinski definition) is 3. The lowest BCUT2D eigenvalue weighted by molar-refractivity contribution is -0.135. The van der Waals surface area contributed by atoms with Crippen LogP contribution in [0.15, 0.2) is 71.8 Å². The van der Waals surface area contributed by atoms with Gasteiger partial charge >= 0.3 is 5.69 Å². The number of fused-ring (bicyclic) bond motifs is 3. The van der Waals surface area contributed by atoms with Crippen LogP contribution in [-0.2, 0) is 29.6 Å². The van der Waals surface area contributed by atoms with Crippen LogP contribution in [0.2, 0.25) is 0 Å². The molecule has 0 bridgehead atoms. The highest BCUT2D eigenvalue weighted by Crippen LogP contribution is 2.40. The van der Waals surface area contributed by atoms with Crippen LogP contribution < -0.4 is 31.4 Å². The molecule has 10 rings (SSSR count). The summed E-state index contributed by atoms with van der Waals surface area (Å²) in [5.41, 5.74) is 7.75. The molecular weight excluding hydrogens is 787 g/mol. The molecule has 4 aliphatic rings. The third kappa shape index (κ3) is 6.83. The summed E-state index contributed by atoms with van der Waals surface area (Å²) < 4.78 is 34.2. The van der Waals surface area contributed by atoms with Crippen molar-refractivity contribution < 1.29 is 23.2 Å². The number of piperidine rings is 1. The summed E-state index contributed by atoms with van der Waals surface area (Å²) >= 11 is 0. The number of carbonyl (C=O) groups is 3. The van der Waals surface area contributed by atoms with Gasteiger partial charge in [-0.25, -0.2) is 23.1 Å². The van der Waals surface area contributed by atoms with Gasteiger partial charge in [-0.05, 0) is 73.2 Å². The Hall–Kier alpha value is -6.69. The number of alkyl halides is 2. The van der Waals surface area contributed by atoms with Gasteiger partial charge in [-0.15, -0.1) is 5.10 Å². The first-order valence-corrected chi connectivity index (χ1v) is 20.6. The molecular formula is C43H44F2N12O4. The standard InChI is InChI=1S/C43H44F2N12O4/c1-46-30-20-37(51-57-35(21-48-40(30)57)42(60)49-25-6-7-25)55-15-13-28-27(4-3-5-31(28)55)29-18-24(12-14-47-29)22-54-17-16-53(23-36(54)39(44)45)26-8-9-32-34(19-26)52(2)43(61)56(32)33-10-11-38(58)50-41(33)59/h3-5,8-9,12,14,18-21,25,33,36,39,46H,6-7,10-11,13,15-17,22-23H2,1-2H3,(H,49,60)(H,50,58,59)/t33?,36-/m0/s1. The zero-order valence-corrected chi connectivity index (χ0v) is 33.6. The Balaban J connectivity index is 0.876. The first-order chi connectivity index (χ1) is 29.6. The van der Waals surface area contributed by atoms with Gasteiger partial charge in [0.05, 0.1) is 34.7 Å². The van der Waals surface area contributed by atoms with Crippen molar-refractivity contribution in [1.82, 2.24) is 44.2 Å². The summed E-state index contributed by atoms with van der Waals surface area (Å²) in [5.74, 6) is -0.417. The van der Waals surface area contributed by atoms with Gasteiger partial charge in [-0.2, -0.15) is 0 Å². The molecule has 0 spiro atoms. The normalized spacial score (nSPS) is 19.6. The van der Waals surface area contributed by atoms with Crippen molar-refractivity contribution in [2.75, 3.05) is 48.3 Å². The van der Waals surface area contributed by atoms with E-state index in [1.807, 2.05) is 59.3 Å². The van der Waals surface area contributed by atoms with Crippen LogP contribution in [0.5, 0.6) is 0 Å². The Morgan fingerprint density at radius 2 is 1.82 bits per heavy atom. The van der Waals surface area contributed by atoms with Crippen LogP contribution in [0.1, 0.15) is 53.3 Å². The average molecular weight is 831 g/mol. The number of rotatable bonds is 10. The van der Waals surface area contributed by atoms with Gasteiger partial charge in [0, 0.05) is 88.5 Å². The van der Waals surface area contributed by atoms with E-state index in [1.54, 1.807) is 36.1 Å². The first kappa shape index (κ1) is 38.5. The van der Waals surface area contributed by atoms with Crippen molar-refractivity contribution in [2.24, 2.45) is 7.05 Å². The number of carbonyl (C=O) groups excluding carboxylic acids is 3. The minimum atomic E-state index is -2.61. The zero-order valence-electron chi connectivity index (χ0n) is 33.6. The Morgan fingerprint density at radius 1 is 0.967 bits per heavy atom. The molecule has 3 fully saturated rings. The second kappa shape index (κ2) is 15.1. The molecule has 314 valence electrons. The molecule has 0 radical (unpaired) electrons. The number of aromatic nitrogens is 6. The Kier molecular flexibility index (Phi) is 9.53. The first-order valence-electron chi connectivity index (χ1n) is 20.6. The quantitative estimate of drug-likeness (QED) is 0.171. The van der Waals surface area contributed by atoms with Gasteiger partial charge in [0.25, 0.3) is 12.3 Å². The average Bonchev–Trinajstić information content (AvgIpc) is 3.69. The van der Waals surface area contributed by atoms with E-state index in [1.165, 1.54) is 9.13 Å². The van der Waals surface area contributed by atoms with Crippen molar-refractivity contribution in [3.8, 4) is 11.3 Å². The molecule has 7 heterocycles. The maximum Gasteiger partial charge on any atom is 0.329 e. The summed E-state index contributed by atoms with van der Waals surface area (Å²) in [4.78, 5) is 65.9. The maximum atomic E-state index is 14.9. The molecule has 2 aromatic carbocycles. The van der Waals surface area contributed by atoms with Gasteiger partial charge in [-0.1, -0.05) is 12.1 Å². The summed E-state index contributed by atoms with van der Waals surface area (Å²) in [7, 11) is 3.43. The lowest BCUT2D eigenvalue weighted by Crippen LogP contribution is -2.55. The minimum Gasteiger partial charge on any atom is -0.385 e. The zero-order chi connectivity index (χ0) is 42.1. The number of nitrogens with zero attached hydrogens (tertiary/aromatic N) is 9. The fourth-order valence-corrected chi connectivity index (χ4v) is 9.08. The summed E-state index contributed by atoms with van der Waals surface area (Å²) in [5, 5.41) is 13.5. The number of halogens is 2. The molecule has 1 unspecified atom stereocenters. The molecule has 3 N–H and O–H groups in total. The van der Waals surface area contributed by atoms with Crippen molar-refractivity contribution >= 4 is 57.3 Å². The van der Waals surface area contributed by atoms with Crippen LogP contribution in [0.4, 0.5) is 31.7 Å². The number of nitrogens with one attached hydrogen (secondary N) is 3. The molecule has 3 amide bonds. The Morgan fingerprint density at radius 3 is 2.61 bits per heavy atom. The van der Waals surface area contributed by atoms with Gasteiger partial charge in [-0.3, -0.25) is 38.7 Å². The number of amides is 3. The van der Waals surface area contributed by atoms with Crippen molar-refractivity contribution in [3.63, 3.8) is 0 Å². The Bertz CT molecular complexity index is 2810. The second-order valence-corrected chi connectivity index (χ2v) is 16.2. The Labute approximate surface area is 348 Å². The molecule has 16 nitrogen and oxygen atoms in total. The lowest BCUT2D eigenvalue weighted by atomic mass is 10.00. The van der Waals surface area contributed by atoms with Gasteiger partial charge in [0.1, 0.15) is 6.04 Å². The number of aryl methyl sites for hydroxylation is 1. The van der Waals surface area contributed by atoms with Gasteiger partial charge in [0.2, 0.25) is 11.8 Å². The van der Waals surface area contributed by atoms with E-state index in [9.17, 15) is 28.0 Å². The number of imide groups is 1. The highest BCUT2D eigenvalue weighted by Gasteiger charge is 2.36. The summed E-state index contributed by atoms with van der Waals surface area (Å²) in [6, 6.07) is 15.5. The molecule has 1 aliphatic carbocycles. The third-order valence-electron chi connectivity index (χ3n) is 12.4. The summed E-state index contributed by atoms with van der Waals surface area (Å²) in [6.45, 7) is 1.90. The van der Waals surface area contributed by atoms with Crippen LogP contribution in [-0.4, -0.2) is 103 Å². The van der Waals surface area contributed by atoms with Crippen molar-refractivity contribution in [2.45, 2.75) is 63.2 Å². The van der Waals surface area contributed by atoms with Crippen LogP contribution in [0.25, 0.3) is 27.9 Å². The number of anilines is 4. The second-order valence-electron chi connectivity index (χ2n) is 16.2. The number of hydrogen-bond acceptors (Lipinski definition) is 11. The third-order valence-corrected chi connectivity index (χ3v) is 12.4. The van der Waals surface area contributed by atoms with Gasteiger partial charge in [0.15, 0.2) is 17.2 Å². The van der Waals surface area contributed by atoms with Crippen molar-refractivity contribution in [1.29, 1.82) is 0 Å². The number of benzene rings is 2. The van der Waals surface area contributed by atoms with Crippen LogP contribution in [0, 0.1) is 0 Å². The lowest BCUT2D eigenvalue weighted by Gasteiger charge is -2.42. The minimum absolute atomic E-state index is 0.0752. The van der Waals surface area contributed by atoms with E-state index in [0.717, 1.165) is 53.0 Å². The largest absolute Gasteiger partial charge is 0.385 e. The number of piperazine rings is 1. The molecule has 61 heavy (non-hydrogen) atoms. The van der Waals surface area contributed by atoms with E-state index >= 15 is 0 Å². The SMILES string of the molecule is CNc1cc(N2CCc3c(-c4cc(CN5CCN(c6ccc7c(c6)n(C)c(=O)n7C6CCC(=O)NC6=O)C[C@H]5C(F)F)ccn4)cccc32)nn2c(C(=O)NC3CC3)cnc12. The molecule has 2 atom stereocenters. The monoisotopic (exact) mass is 830 g/mol. The molecule has 2 saturated heterocycles. The smallest absolute Gasteiger partial charge is 0.329 e. The predicted octanol–water partition coefficient (Wildman–Crippen LogP) is 4.01. The van der Waals surface area contributed by atoms with E-state index in [2.05, 4.69) is 25.8 Å². The van der Waals surface area contributed by atoms with Crippen LogP contribution in [0.3, 0.4) is 0 Å². The topological polar surface area (TPSA) is 167 Å². The van der Waals surface area contributed by atoms with E-state index in [4.69, 9.17) is 10.1 Å². The molecule has 3 aliphatic heterocycles. The molecule has 18 heteroatoms. The molecule has 4 aromatic heterocycles. The molecule has 6 aromatic rings. The van der Waals surface area contributed by atoms with Crippen molar-refractivity contribution in [3.05, 3.63) is 94.3 Å². The van der Waals surface area contributed by atoms with E-state index < -0.39 is 24.4 Å². The number of pyridine rings is 1. The van der Waals surface area contributed by atoms with Crippen LogP contribution >= 0.6 is 0 Å². The molecule has 1 saturated carbocycles. The maximum absolute atomic E-state index is 14.9. The predicted molar refractivity (Wildman–Crippen MR) is 224 cm³/mol. The highest BCUT2D eigenvalue weighted by atomic mass is 19.3. The van der Waals surface area contributed by atoms with Gasteiger partial charge < -0.3 is 20.4 Å².